The Labute approximate surface area is 99.5 Å². The van der Waals surface area contributed by atoms with Gasteiger partial charge in [-0.2, -0.15) is 5.26 Å². The SMILES string of the molecule is COc1ccc(C#N)c([C@H](N)CO)c1O.Cl. The molecule has 5 nitrogen and oxygen atoms in total. The Balaban J connectivity index is 0.00000225. The van der Waals surface area contributed by atoms with E-state index in [9.17, 15) is 5.11 Å². The maximum Gasteiger partial charge on any atom is 0.163 e. The number of benzene rings is 1. The molecule has 0 aliphatic rings. The Kier molecular flexibility index (Phi) is 5.61. The Hall–Kier alpha value is -1.48. The lowest BCUT2D eigenvalue weighted by molar-refractivity contribution is 0.264. The predicted octanol–water partition coefficient (Wildman–Crippen LogP) is 0.686. The van der Waals surface area contributed by atoms with Crippen LogP contribution >= 0.6 is 12.4 Å². The lowest BCUT2D eigenvalue weighted by atomic mass is 10.0. The molecule has 0 aromatic heterocycles. The van der Waals surface area contributed by atoms with Crippen molar-refractivity contribution in [1.82, 2.24) is 0 Å². The number of ether oxygens (including phenoxy) is 1. The fraction of sp³-hybridized carbons (Fsp3) is 0.300. The molecule has 16 heavy (non-hydrogen) atoms. The molecule has 0 spiro atoms. The molecule has 1 aromatic rings. The summed E-state index contributed by atoms with van der Waals surface area (Å²) in [5.74, 6) is 0.0333. The lowest BCUT2D eigenvalue weighted by Crippen LogP contribution is -2.16. The molecule has 0 aliphatic heterocycles. The summed E-state index contributed by atoms with van der Waals surface area (Å²) in [7, 11) is 1.40. The molecule has 1 atom stereocenters. The van der Waals surface area contributed by atoms with Crippen molar-refractivity contribution >= 4 is 12.4 Å². The number of methoxy groups -OCH3 is 1. The van der Waals surface area contributed by atoms with E-state index in [2.05, 4.69) is 0 Å². The number of hydrogen-bond donors (Lipinski definition) is 3. The molecule has 88 valence electrons. The van der Waals surface area contributed by atoms with Crippen molar-refractivity contribution in [3.63, 3.8) is 0 Å². The van der Waals surface area contributed by atoms with Gasteiger partial charge in [-0.05, 0) is 12.1 Å². The van der Waals surface area contributed by atoms with Crippen molar-refractivity contribution in [2.24, 2.45) is 5.73 Å². The van der Waals surface area contributed by atoms with Crippen LogP contribution in [0.15, 0.2) is 12.1 Å². The number of phenols is 1. The van der Waals surface area contributed by atoms with E-state index in [-0.39, 0.29) is 41.6 Å². The number of phenolic OH excluding ortho intramolecular Hbond substituents is 1. The first-order valence-electron chi connectivity index (χ1n) is 4.32. The Morgan fingerprint density at radius 1 is 1.56 bits per heavy atom. The normalized spacial score (nSPS) is 11.1. The van der Waals surface area contributed by atoms with Gasteiger partial charge < -0.3 is 20.7 Å². The third-order valence-electron chi connectivity index (χ3n) is 2.09. The fourth-order valence-electron chi connectivity index (χ4n) is 1.32. The molecular formula is C10H13ClN2O3. The average molecular weight is 245 g/mol. The number of nitrogens with two attached hydrogens (primary N) is 1. The quantitative estimate of drug-likeness (QED) is 0.726. The summed E-state index contributed by atoms with van der Waals surface area (Å²) >= 11 is 0. The summed E-state index contributed by atoms with van der Waals surface area (Å²) < 4.78 is 4.88. The molecule has 0 amide bonds. The predicted molar refractivity (Wildman–Crippen MR) is 60.6 cm³/mol. The van der Waals surface area contributed by atoms with Crippen LogP contribution in [0.25, 0.3) is 0 Å². The maximum atomic E-state index is 9.74. The van der Waals surface area contributed by atoms with Crippen molar-refractivity contribution in [1.29, 1.82) is 5.26 Å². The van der Waals surface area contributed by atoms with Crippen LogP contribution in [-0.2, 0) is 0 Å². The van der Waals surface area contributed by atoms with Gasteiger partial charge >= 0.3 is 0 Å². The van der Waals surface area contributed by atoms with E-state index >= 15 is 0 Å². The second kappa shape index (κ2) is 6.18. The van der Waals surface area contributed by atoms with Gasteiger partial charge in [0.2, 0.25) is 0 Å². The van der Waals surface area contributed by atoms with Crippen LogP contribution in [0.3, 0.4) is 0 Å². The van der Waals surface area contributed by atoms with E-state index in [0.29, 0.717) is 0 Å². The number of aromatic hydroxyl groups is 1. The largest absolute Gasteiger partial charge is 0.504 e. The average Bonchev–Trinajstić information content (AvgIpc) is 2.27. The van der Waals surface area contributed by atoms with Crippen molar-refractivity contribution < 1.29 is 14.9 Å². The number of hydrogen-bond acceptors (Lipinski definition) is 5. The highest BCUT2D eigenvalue weighted by Crippen LogP contribution is 2.35. The van der Waals surface area contributed by atoms with Gasteiger partial charge in [-0.1, -0.05) is 0 Å². The Morgan fingerprint density at radius 3 is 2.62 bits per heavy atom. The highest BCUT2D eigenvalue weighted by Gasteiger charge is 2.18. The summed E-state index contributed by atoms with van der Waals surface area (Å²) in [4.78, 5) is 0. The van der Waals surface area contributed by atoms with Crippen LogP contribution in [-0.4, -0.2) is 23.9 Å². The molecular weight excluding hydrogens is 232 g/mol. The minimum absolute atomic E-state index is 0. The van der Waals surface area contributed by atoms with E-state index in [4.69, 9.17) is 20.8 Å². The minimum Gasteiger partial charge on any atom is -0.504 e. The van der Waals surface area contributed by atoms with E-state index in [1.165, 1.54) is 19.2 Å². The van der Waals surface area contributed by atoms with Crippen molar-refractivity contribution in [2.75, 3.05) is 13.7 Å². The monoisotopic (exact) mass is 244 g/mol. The summed E-state index contributed by atoms with van der Waals surface area (Å²) in [6.07, 6.45) is 0. The summed E-state index contributed by atoms with van der Waals surface area (Å²) in [5.41, 5.74) is 6.02. The molecule has 0 unspecified atom stereocenters. The number of aliphatic hydroxyl groups excluding tert-OH is 1. The third kappa shape index (κ3) is 2.55. The molecule has 0 fully saturated rings. The Bertz CT molecular complexity index is 404. The molecule has 0 heterocycles. The van der Waals surface area contributed by atoms with Crippen LogP contribution in [0.2, 0.25) is 0 Å². The molecule has 6 heteroatoms. The smallest absolute Gasteiger partial charge is 0.163 e. The molecule has 0 saturated carbocycles. The maximum absolute atomic E-state index is 9.74. The molecule has 4 N–H and O–H groups in total. The fourth-order valence-corrected chi connectivity index (χ4v) is 1.32. The zero-order valence-corrected chi connectivity index (χ0v) is 9.49. The minimum atomic E-state index is -0.797. The van der Waals surface area contributed by atoms with Gasteiger partial charge in [-0.25, -0.2) is 0 Å². The van der Waals surface area contributed by atoms with Crippen LogP contribution in [0.1, 0.15) is 17.2 Å². The van der Waals surface area contributed by atoms with Gasteiger partial charge in [0.1, 0.15) is 0 Å². The van der Waals surface area contributed by atoms with E-state index < -0.39 is 6.04 Å². The standard InChI is InChI=1S/C10H12N2O3.ClH/c1-15-8-3-2-6(4-11)9(10(8)14)7(12)5-13;/h2-3,7,13-14H,5,12H2,1H3;1H/t7-;/m1./s1. The van der Waals surface area contributed by atoms with E-state index in [1.807, 2.05) is 6.07 Å². The molecule has 0 radical (unpaired) electrons. The number of nitrogens with zero attached hydrogens (tertiary/aromatic N) is 1. The highest BCUT2D eigenvalue weighted by atomic mass is 35.5. The molecule has 0 saturated heterocycles. The Morgan fingerprint density at radius 2 is 2.19 bits per heavy atom. The van der Waals surface area contributed by atoms with E-state index in [0.717, 1.165) is 0 Å². The zero-order valence-electron chi connectivity index (χ0n) is 8.67. The molecule has 0 aliphatic carbocycles. The first-order valence-corrected chi connectivity index (χ1v) is 4.32. The van der Waals surface area contributed by atoms with Gasteiger partial charge in [-0.15, -0.1) is 12.4 Å². The zero-order chi connectivity index (χ0) is 11.4. The molecule has 1 aromatic carbocycles. The van der Waals surface area contributed by atoms with Gasteiger partial charge in [0.25, 0.3) is 0 Å². The number of rotatable bonds is 3. The number of aliphatic hydroxyl groups is 1. The topological polar surface area (TPSA) is 99.5 Å². The summed E-state index contributed by atoms with van der Waals surface area (Å²) in [5, 5.41) is 27.5. The van der Waals surface area contributed by atoms with Gasteiger partial charge in [-0.3, -0.25) is 0 Å². The van der Waals surface area contributed by atoms with Crippen molar-refractivity contribution in [2.45, 2.75) is 6.04 Å². The van der Waals surface area contributed by atoms with Crippen molar-refractivity contribution in [3.8, 4) is 17.6 Å². The van der Waals surface area contributed by atoms with Crippen LogP contribution in [0.5, 0.6) is 11.5 Å². The summed E-state index contributed by atoms with van der Waals surface area (Å²) in [6.45, 7) is -0.352. The van der Waals surface area contributed by atoms with Crippen LogP contribution in [0.4, 0.5) is 0 Å². The van der Waals surface area contributed by atoms with Gasteiger partial charge in [0.05, 0.1) is 31.4 Å². The lowest BCUT2D eigenvalue weighted by Gasteiger charge is -2.14. The van der Waals surface area contributed by atoms with Crippen LogP contribution < -0.4 is 10.5 Å². The van der Waals surface area contributed by atoms with Gasteiger partial charge in [0.15, 0.2) is 11.5 Å². The van der Waals surface area contributed by atoms with Crippen LogP contribution in [0, 0.1) is 11.3 Å². The van der Waals surface area contributed by atoms with Crippen molar-refractivity contribution in [3.05, 3.63) is 23.3 Å². The second-order valence-corrected chi connectivity index (χ2v) is 2.98. The number of halogens is 1. The highest BCUT2D eigenvalue weighted by molar-refractivity contribution is 5.85. The first-order chi connectivity index (χ1) is 7.15. The number of nitriles is 1. The van der Waals surface area contributed by atoms with Gasteiger partial charge in [0, 0.05) is 5.56 Å². The first kappa shape index (κ1) is 14.5. The summed E-state index contributed by atoms with van der Waals surface area (Å²) in [6, 6.07) is 4.06. The van der Waals surface area contributed by atoms with E-state index in [1.54, 1.807) is 0 Å². The molecule has 0 bridgehead atoms. The second-order valence-electron chi connectivity index (χ2n) is 2.98. The third-order valence-corrected chi connectivity index (χ3v) is 2.09. The molecule has 1 rings (SSSR count).